The first kappa shape index (κ1) is 13.4. The lowest BCUT2D eigenvalue weighted by Gasteiger charge is -2.08. The zero-order chi connectivity index (χ0) is 14.8. The minimum absolute atomic E-state index is 0.118. The number of hydrogen-bond acceptors (Lipinski definition) is 5. The van der Waals surface area contributed by atoms with Crippen LogP contribution < -0.4 is 4.84 Å². The van der Waals surface area contributed by atoms with E-state index in [0.29, 0.717) is 0 Å². The normalized spacial score (nSPS) is 11.0. The minimum Gasteiger partial charge on any atom is -0.464 e. The van der Waals surface area contributed by atoms with Crippen molar-refractivity contribution in [2.24, 2.45) is 0 Å². The van der Waals surface area contributed by atoms with Gasteiger partial charge in [0.2, 0.25) is 6.79 Å². The van der Waals surface area contributed by atoms with E-state index in [1.807, 2.05) is 24.3 Å². The molecule has 0 unspecified atom stereocenters. The number of rotatable bonds is 4. The Balaban J connectivity index is 2.27. The molecule has 3 aromatic rings. The molecule has 0 N–H and O–H groups in total. The molecule has 0 fully saturated rings. The standard InChI is InChI=1S/C15H14N2O4/c1-19-9-21-17-13-6-4-3-5-10(13)11-7-12(15(18)20-2)16-8-14(11)17/h3-8H,9H2,1-2H3. The van der Waals surface area contributed by atoms with E-state index in [1.54, 1.807) is 24.1 Å². The van der Waals surface area contributed by atoms with Crippen LogP contribution in [0.5, 0.6) is 0 Å². The molecule has 0 saturated heterocycles. The van der Waals surface area contributed by atoms with Gasteiger partial charge >= 0.3 is 5.97 Å². The van der Waals surface area contributed by atoms with Crippen LogP contribution in [0.3, 0.4) is 0 Å². The van der Waals surface area contributed by atoms with E-state index in [2.05, 4.69) is 4.98 Å². The van der Waals surface area contributed by atoms with Crippen molar-refractivity contribution in [1.82, 2.24) is 9.71 Å². The van der Waals surface area contributed by atoms with Crippen LogP contribution in [0.15, 0.2) is 36.5 Å². The van der Waals surface area contributed by atoms with Crippen LogP contribution in [0.2, 0.25) is 0 Å². The molecule has 0 amide bonds. The fourth-order valence-electron chi connectivity index (χ4n) is 2.29. The molecule has 0 atom stereocenters. The zero-order valence-corrected chi connectivity index (χ0v) is 11.7. The predicted octanol–water partition coefficient (Wildman–Crippen LogP) is 2.01. The number of benzene rings is 1. The van der Waals surface area contributed by atoms with Gasteiger partial charge in [-0.25, -0.2) is 9.78 Å². The van der Waals surface area contributed by atoms with E-state index in [4.69, 9.17) is 14.3 Å². The number of para-hydroxylation sites is 1. The Labute approximate surface area is 120 Å². The summed E-state index contributed by atoms with van der Waals surface area (Å²) in [5.41, 5.74) is 1.91. The van der Waals surface area contributed by atoms with Gasteiger partial charge in [0, 0.05) is 17.9 Å². The van der Waals surface area contributed by atoms with Crippen LogP contribution in [0.25, 0.3) is 21.8 Å². The Morgan fingerprint density at radius 2 is 2.00 bits per heavy atom. The maximum Gasteiger partial charge on any atom is 0.356 e. The molecule has 108 valence electrons. The van der Waals surface area contributed by atoms with Crippen molar-refractivity contribution < 1.29 is 19.1 Å². The first-order valence-corrected chi connectivity index (χ1v) is 6.36. The molecule has 0 aliphatic heterocycles. The van der Waals surface area contributed by atoms with Gasteiger partial charge in [-0.1, -0.05) is 18.2 Å². The molecule has 6 nitrogen and oxygen atoms in total. The molecule has 0 spiro atoms. The molecule has 21 heavy (non-hydrogen) atoms. The number of pyridine rings is 1. The number of aromatic nitrogens is 2. The summed E-state index contributed by atoms with van der Waals surface area (Å²) in [7, 11) is 2.89. The summed E-state index contributed by atoms with van der Waals surface area (Å²) in [5.74, 6) is -0.466. The lowest BCUT2D eigenvalue weighted by Crippen LogP contribution is -2.13. The Morgan fingerprint density at radius 3 is 2.76 bits per heavy atom. The predicted molar refractivity (Wildman–Crippen MR) is 77.0 cm³/mol. The first-order chi connectivity index (χ1) is 10.3. The Bertz CT molecular complexity index is 810. The average molecular weight is 286 g/mol. The van der Waals surface area contributed by atoms with Gasteiger partial charge in [0.15, 0.2) is 0 Å². The van der Waals surface area contributed by atoms with Crippen molar-refractivity contribution in [1.29, 1.82) is 0 Å². The summed E-state index contributed by atoms with van der Waals surface area (Å²) in [4.78, 5) is 21.3. The van der Waals surface area contributed by atoms with Gasteiger partial charge in [-0.3, -0.25) is 0 Å². The number of methoxy groups -OCH3 is 2. The molecule has 0 aliphatic carbocycles. The molecule has 2 heterocycles. The lowest BCUT2D eigenvalue weighted by atomic mass is 10.1. The number of carbonyl (C=O) groups is 1. The van der Waals surface area contributed by atoms with Gasteiger partial charge < -0.3 is 14.3 Å². The summed E-state index contributed by atoms with van der Waals surface area (Å²) in [6.07, 6.45) is 1.59. The van der Waals surface area contributed by atoms with Crippen LogP contribution >= 0.6 is 0 Å². The van der Waals surface area contributed by atoms with Crippen molar-refractivity contribution >= 4 is 27.8 Å². The van der Waals surface area contributed by atoms with Crippen molar-refractivity contribution in [3.8, 4) is 0 Å². The van der Waals surface area contributed by atoms with Gasteiger partial charge in [-0.15, -0.1) is 0 Å². The van der Waals surface area contributed by atoms with Gasteiger partial charge in [-0.05, 0) is 12.1 Å². The van der Waals surface area contributed by atoms with Crippen molar-refractivity contribution in [3.63, 3.8) is 0 Å². The Hall–Kier alpha value is -2.60. The van der Waals surface area contributed by atoms with E-state index in [-0.39, 0.29) is 12.5 Å². The number of esters is 1. The number of fused-ring (bicyclic) bond motifs is 3. The number of ether oxygens (including phenoxy) is 2. The van der Waals surface area contributed by atoms with Gasteiger partial charge in [0.05, 0.1) is 18.8 Å². The summed E-state index contributed by atoms with van der Waals surface area (Å²) in [6, 6.07) is 9.45. The van der Waals surface area contributed by atoms with E-state index in [9.17, 15) is 4.79 Å². The first-order valence-electron chi connectivity index (χ1n) is 6.36. The van der Waals surface area contributed by atoms with Gasteiger partial charge in [0.25, 0.3) is 0 Å². The number of hydrogen-bond donors (Lipinski definition) is 0. The fraction of sp³-hybridized carbons (Fsp3) is 0.200. The fourth-order valence-corrected chi connectivity index (χ4v) is 2.29. The van der Waals surface area contributed by atoms with Crippen molar-refractivity contribution in [3.05, 3.63) is 42.2 Å². The van der Waals surface area contributed by atoms with Gasteiger partial charge in [0.1, 0.15) is 11.2 Å². The van der Waals surface area contributed by atoms with Crippen LogP contribution in [-0.4, -0.2) is 36.7 Å². The quantitative estimate of drug-likeness (QED) is 0.542. The van der Waals surface area contributed by atoms with E-state index >= 15 is 0 Å². The van der Waals surface area contributed by atoms with E-state index < -0.39 is 5.97 Å². The summed E-state index contributed by atoms with van der Waals surface area (Å²) in [5, 5.41) is 1.84. The molecule has 3 rings (SSSR count). The molecule has 6 heteroatoms. The molecule has 1 aromatic carbocycles. The highest BCUT2D eigenvalue weighted by molar-refractivity contribution is 6.09. The molecule has 0 bridgehead atoms. The zero-order valence-electron chi connectivity index (χ0n) is 11.7. The smallest absolute Gasteiger partial charge is 0.356 e. The Kier molecular flexibility index (Phi) is 3.45. The molecular formula is C15H14N2O4. The third kappa shape index (κ3) is 2.19. The molecule has 0 radical (unpaired) electrons. The highest BCUT2D eigenvalue weighted by Gasteiger charge is 2.15. The van der Waals surface area contributed by atoms with Crippen LogP contribution in [0.4, 0.5) is 0 Å². The highest BCUT2D eigenvalue weighted by atomic mass is 16.8. The molecule has 0 aliphatic rings. The van der Waals surface area contributed by atoms with Crippen LogP contribution in [0.1, 0.15) is 10.5 Å². The third-order valence-electron chi connectivity index (χ3n) is 3.21. The largest absolute Gasteiger partial charge is 0.464 e. The van der Waals surface area contributed by atoms with Crippen LogP contribution in [0, 0.1) is 0 Å². The monoisotopic (exact) mass is 286 g/mol. The summed E-state index contributed by atoms with van der Waals surface area (Å²) in [6.45, 7) is 0.118. The molecule has 0 saturated carbocycles. The maximum absolute atomic E-state index is 11.6. The second-order valence-electron chi connectivity index (χ2n) is 4.43. The lowest BCUT2D eigenvalue weighted by molar-refractivity contribution is -0.0289. The summed E-state index contributed by atoms with van der Waals surface area (Å²) < 4.78 is 11.3. The van der Waals surface area contributed by atoms with Crippen molar-refractivity contribution in [2.45, 2.75) is 0 Å². The maximum atomic E-state index is 11.6. The highest BCUT2D eigenvalue weighted by Crippen LogP contribution is 2.28. The summed E-state index contributed by atoms with van der Waals surface area (Å²) >= 11 is 0. The number of carbonyl (C=O) groups excluding carboxylic acids is 1. The topological polar surface area (TPSA) is 62.6 Å². The second-order valence-corrected chi connectivity index (χ2v) is 4.43. The van der Waals surface area contributed by atoms with Crippen LogP contribution in [-0.2, 0) is 9.47 Å². The number of nitrogens with zero attached hydrogens (tertiary/aromatic N) is 2. The van der Waals surface area contributed by atoms with Gasteiger partial charge in [-0.2, -0.15) is 4.73 Å². The van der Waals surface area contributed by atoms with Crippen molar-refractivity contribution in [2.75, 3.05) is 21.0 Å². The second kappa shape index (κ2) is 5.41. The SMILES string of the molecule is COCOn1c2ccccc2c2cc(C(=O)OC)ncc21. The Morgan fingerprint density at radius 1 is 1.19 bits per heavy atom. The minimum atomic E-state index is -0.466. The average Bonchev–Trinajstić information content (AvgIpc) is 2.85. The van der Waals surface area contributed by atoms with E-state index in [1.165, 1.54) is 7.11 Å². The van der Waals surface area contributed by atoms with E-state index in [0.717, 1.165) is 21.8 Å². The molecular weight excluding hydrogens is 272 g/mol. The third-order valence-corrected chi connectivity index (χ3v) is 3.21. The molecule has 2 aromatic heterocycles.